The fourth-order valence-electron chi connectivity index (χ4n) is 2.58. The van der Waals surface area contributed by atoms with E-state index in [1.54, 1.807) is 29.9 Å². The van der Waals surface area contributed by atoms with Crippen LogP contribution in [0.1, 0.15) is 5.69 Å². The van der Waals surface area contributed by atoms with Crippen molar-refractivity contribution >= 4 is 16.3 Å². The summed E-state index contributed by atoms with van der Waals surface area (Å²) in [5.41, 5.74) is 4.42. The Balaban J connectivity index is 1.99. The van der Waals surface area contributed by atoms with Gasteiger partial charge in [-0.05, 0) is 24.3 Å². The molecule has 4 aromatic heterocycles. The molecule has 0 bridgehead atoms. The van der Waals surface area contributed by atoms with Crippen molar-refractivity contribution in [3.05, 3.63) is 60.0 Å². The van der Waals surface area contributed by atoms with Crippen LogP contribution in [0.15, 0.2) is 54.3 Å². The molecule has 0 aliphatic rings. The van der Waals surface area contributed by atoms with Crippen LogP contribution in [0.5, 0.6) is 0 Å². The van der Waals surface area contributed by atoms with Crippen molar-refractivity contribution in [1.82, 2.24) is 19.4 Å². The second kappa shape index (κ2) is 5.63. The van der Waals surface area contributed by atoms with Gasteiger partial charge < -0.3 is 0 Å². The largest absolute Gasteiger partial charge is 0.284 e. The van der Waals surface area contributed by atoms with E-state index < -0.39 is 0 Å². The van der Waals surface area contributed by atoms with Crippen LogP contribution in [-0.2, 0) is 6.42 Å². The van der Waals surface area contributed by atoms with Gasteiger partial charge in [-0.1, -0.05) is 6.07 Å². The first-order chi connectivity index (χ1) is 11.4. The number of nitrogens with zero attached hydrogens (tertiary/aromatic N) is 5. The normalized spacial score (nSPS) is 10.7. The van der Waals surface area contributed by atoms with Gasteiger partial charge in [0.25, 0.3) is 0 Å². The van der Waals surface area contributed by atoms with Gasteiger partial charge in [0.2, 0.25) is 0 Å². The standard InChI is InChI=1S/C17H11N5S/c18-7-6-14-16(12-4-3-8-19-10-12)21-17-22(14)15(11-23-17)13-5-1-2-9-20-13/h1-5,8-11H,6H2. The molecule has 23 heavy (non-hydrogen) atoms. The summed E-state index contributed by atoms with van der Waals surface area (Å²) in [4.78, 5) is 14.1. The van der Waals surface area contributed by atoms with Gasteiger partial charge in [-0.25, -0.2) is 4.98 Å². The molecule has 4 rings (SSSR count). The van der Waals surface area contributed by atoms with E-state index >= 15 is 0 Å². The summed E-state index contributed by atoms with van der Waals surface area (Å²) < 4.78 is 2.03. The molecular weight excluding hydrogens is 306 g/mol. The van der Waals surface area contributed by atoms with Crippen LogP contribution in [0.25, 0.3) is 27.6 Å². The van der Waals surface area contributed by atoms with Gasteiger partial charge in [-0.2, -0.15) is 5.26 Å². The van der Waals surface area contributed by atoms with Crippen molar-refractivity contribution in [3.8, 4) is 28.7 Å². The van der Waals surface area contributed by atoms with Crippen molar-refractivity contribution in [2.24, 2.45) is 0 Å². The van der Waals surface area contributed by atoms with Crippen molar-refractivity contribution < 1.29 is 0 Å². The Labute approximate surface area is 136 Å². The summed E-state index contributed by atoms with van der Waals surface area (Å²) >= 11 is 1.55. The third-order valence-electron chi connectivity index (χ3n) is 3.57. The maximum Gasteiger partial charge on any atom is 0.195 e. The fraction of sp³-hybridized carbons (Fsp3) is 0.0588. The van der Waals surface area contributed by atoms with Crippen LogP contribution in [0.3, 0.4) is 0 Å². The molecule has 0 saturated carbocycles. The molecule has 0 aliphatic carbocycles. The molecule has 0 spiro atoms. The van der Waals surface area contributed by atoms with Crippen LogP contribution in [0.2, 0.25) is 0 Å². The van der Waals surface area contributed by atoms with Gasteiger partial charge in [0.05, 0.1) is 35.3 Å². The minimum Gasteiger partial charge on any atom is -0.284 e. The summed E-state index contributed by atoms with van der Waals surface area (Å²) in [6.07, 6.45) is 5.54. The molecule has 0 aliphatic heterocycles. The molecule has 0 radical (unpaired) electrons. The van der Waals surface area contributed by atoms with Gasteiger partial charge in [0, 0.05) is 29.5 Å². The first kappa shape index (κ1) is 13.6. The lowest BCUT2D eigenvalue weighted by Crippen LogP contribution is -1.96. The first-order valence-corrected chi connectivity index (χ1v) is 7.94. The summed E-state index contributed by atoms with van der Waals surface area (Å²) in [7, 11) is 0. The van der Waals surface area contributed by atoms with E-state index in [1.165, 1.54) is 0 Å². The lowest BCUT2D eigenvalue weighted by molar-refractivity contribution is 1.07. The number of pyridine rings is 2. The second-order valence-corrected chi connectivity index (χ2v) is 5.77. The zero-order chi connectivity index (χ0) is 15.6. The number of aromatic nitrogens is 4. The average Bonchev–Trinajstić information content (AvgIpc) is 3.17. The molecule has 0 atom stereocenters. The Hall–Kier alpha value is -3.04. The predicted molar refractivity (Wildman–Crippen MR) is 88.8 cm³/mol. The molecule has 0 fully saturated rings. The van der Waals surface area contributed by atoms with E-state index in [1.807, 2.05) is 40.1 Å². The van der Waals surface area contributed by atoms with E-state index in [0.29, 0.717) is 0 Å². The molecule has 5 nitrogen and oxygen atoms in total. The van der Waals surface area contributed by atoms with E-state index in [2.05, 4.69) is 16.0 Å². The molecule has 0 unspecified atom stereocenters. The highest BCUT2D eigenvalue weighted by Crippen LogP contribution is 2.32. The maximum atomic E-state index is 9.25. The third kappa shape index (κ3) is 2.28. The third-order valence-corrected chi connectivity index (χ3v) is 4.39. The zero-order valence-corrected chi connectivity index (χ0v) is 12.9. The lowest BCUT2D eigenvalue weighted by Gasteiger charge is -2.03. The Morgan fingerprint density at radius 3 is 2.87 bits per heavy atom. The quantitative estimate of drug-likeness (QED) is 0.579. The maximum absolute atomic E-state index is 9.25. The predicted octanol–water partition coefficient (Wildman–Crippen LogP) is 3.59. The minimum absolute atomic E-state index is 0.280. The molecule has 4 aromatic rings. The van der Waals surface area contributed by atoms with Crippen LogP contribution in [-0.4, -0.2) is 19.4 Å². The van der Waals surface area contributed by atoms with E-state index in [-0.39, 0.29) is 6.42 Å². The molecular formula is C17H11N5S. The highest BCUT2D eigenvalue weighted by Gasteiger charge is 2.19. The number of hydrogen-bond acceptors (Lipinski definition) is 5. The number of hydrogen-bond donors (Lipinski definition) is 0. The number of thiazole rings is 1. The van der Waals surface area contributed by atoms with E-state index in [9.17, 15) is 5.26 Å². The number of fused-ring (bicyclic) bond motifs is 1. The SMILES string of the molecule is N#CCc1c(-c2cccnc2)nc2scc(-c3ccccn3)n12. The van der Waals surface area contributed by atoms with Gasteiger partial charge in [-0.3, -0.25) is 14.4 Å². The lowest BCUT2D eigenvalue weighted by atomic mass is 10.1. The Morgan fingerprint density at radius 1 is 1.17 bits per heavy atom. The molecule has 0 saturated heterocycles. The van der Waals surface area contributed by atoms with E-state index in [0.717, 1.165) is 33.3 Å². The Kier molecular flexibility index (Phi) is 3.33. The summed E-state index contributed by atoms with van der Waals surface area (Å²) in [5.74, 6) is 0. The van der Waals surface area contributed by atoms with Crippen molar-refractivity contribution in [1.29, 1.82) is 5.26 Å². The first-order valence-electron chi connectivity index (χ1n) is 7.06. The highest BCUT2D eigenvalue weighted by molar-refractivity contribution is 7.15. The van der Waals surface area contributed by atoms with E-state index in [4.69, 9.17) is 4.98 Å². The highest BCUT2D eigenvalue weighted by atomic mass is 32.1. The van der Waals surface area contributed by atoms with Crippen LogP contribution < -0.4 is 0 Å². The van der Waals surface area contributed by atoms with Crippen molar-refractivity contribution in [2.75, 3.05) is 0 Å². The monoisotopic (exact) mass is 317 g/mol. The Morgan fingerprint density at radius 2 is 2.13 bits per heavy atom. The molecule has 110 valence electrons. The fourth-order valence-corrected chi connectivity index (χ4v) is 3.48. The van der Waals surface area contributed by atoms with Crippen LogP contribution in [0, 0.1) is 11.3 Å². The van der Waals surface area contributed by atoms with Gasteiger partial charge >= 0.3 is 0 Å². The molecule has 0 N–H and O–H groups in total. The summed E-state index contributed by atoms with van der Waals surface area (Å²) in [6, 6.07) is 11.9. The number of rotatable bonds is 3. The molecule has 6 heteroatoms. The van der Waals surface area contributed by atoms with Crippen molar-refractivity contribution in [3.63, 3.8) is 0 Å². The van der Waals surface area contributed by atoms with Gasteiger partial charge in [-0.15, -0.1) is 11.3 Å². The van der Waals surface area contributed by atoms with Gasteiger partial charge in [0.1, 0.15) is 0 Å². The van der Waals surface area contributed by atoms with Gasteiger partial charge in [0.15, 0.2) is 4.96 Å². The smallest absolute Gasteiger partial charge is 0.195 e. The van der Waals surface area contributed by atoms with Crippen LogP contribution >= 0.6 is 11.3 Å². The number of nitriles is 1. The molecule has 4 heterocycles. The van der Waals surface area contributed by atoms with Crippen LogP contribution in [0.4, 0.5) is 0 Å². The summed E-state index contributed by atoms with van der Waals surface area (Å²) in [5, 5.41) is 11.3. The molecule has 0 aromatic carbocycles. The average molecular weight is 317 g/mol. The second-order valence-electron chi connectivity index (χ2n) is 4.94. The minimum atomic E-state index is 0.280. The number of imidazole rings is 1. The zero-order valence-electron chi connectivity index (χ0n) is 12.0. The molecule has 0 amide bonds. The van der Waals surface area contributed by atoms with Crippen molar-refractivity contribution in [2.45, 2.75) is 6.42 Å². The topological polar surface area (TPSA) is 66.9 Å². The Bertz CT molecular complexity index is 996. The summed E-state index contributed by atoms with van der Waals surface area (Å²) in [6.45, 7) is 0.